The highest BCUT2D eigenvalue weighted by molar-refractivity contribution is 4.67. The van der Waals surface area contributed by atoms with Crippen molar-refractivity contribution in [3.8, 4) is 0 Å². The van der Waals surface area contributed by atoms with Crippen LogP contribution in [0.1, 0.15) is 20.3 Å². The summed E-state index contributed by atoms with van der Waals surface area (Å²) in [6.07, 6.45) is 1.39. The fourth-order valence-corrected chi connectivity index (χ4v) is 0.852. The molecule has 0 spiro atoms. The summed E-state index contributed by atoms with van der Waals surface area (Å²) >= 11 is 0. The molecule has 0 aromatic rings. The van der Waals surface area contributed by atoms with Crippen LogP contribution >= 0.6 is 0 Å². The minimum atomic E-state index is 0.630. The van der Waals surface area contributed by atoms with Gasteiger partial charge in [-0.1, -0.05) is 0 Å². The topological polar surface area (TPSA) is 15.3 Å². The second-order valence-corrected chi connectivity index (χ2v) is 2.99. The van der Waals surface area contributed by atoms with Crippen LogP contribution in [0.15, 0.2) is 0 Å². The third-order valence-corrected chi connectivity index (χ3v) is 1.67. The quantitative estimate of drug-likeness (QED) is 0.600. The van der Waals surface area contributed by atoms with Crippen LogP contribution in [0.4, 0.5) is 0 Å². The summed E-state index contributed by atoms with van der Waals surface area (Å²) < 4.78 is 0. The molecule has 0 aromatic carbocycles. The molecule has 0 bridgehead atoms. The maximum absolute atomic E-state index is 3.37. The minimum Gasteiger partial charge on any atom is -0.302 e. The predicted octanol–water partition coefficient (Wildman–Crippen LogP) is 0.648. The van der Waals surface area contributed by atoms with Gasteiger partial charge in [-0.2, -0.15) is 0 Å². The van der Waals surface area contributed by atoms with E-state index in [1.165, 1.54) is 19.5 Å². The highest BCUT2D eigenvalue weighted by atomic mass is 15.3. The zero-order valence-electron chi connectivity index (χ0n) is 6.35. The molecule has 0 amide bonds. The molecular formula is C7H16N2. The molecule has 1 N–H and O–H groups in total. The average Bonchev–Trinajstić information content (AvgIpc) is 1.60. The molecule has 54 valence electrons. The van der Waals surface area contributed by atoms with Crippen LogP contribution in [0, 0.1) is 0 Å². The van der Waals surface area contributed by atoms with Crippen LogP contribution < -0.4 is 5.32 Å². The first-order valence-electron chi connectivity index (χ1n) is 3.75. The first-order valence-corrected chi connectivity index (χ1v) is 3.75. The lowest BCUT2D eigenvalue weighted by molar-refractivity contribution is 0.162. The van der Waals surface area contributed by atoms with E-state index in [0.29, 0.717) is 6.04 Å². The average molecular weight is 128 g/mol. The van der Waals surface area contributed by atoms with Crippen molar-refractivity contribution in [2.45, 2.75) is 26.3 Å². The van der Waals surface area contributed by atoms with Gasteiger partial charge in [0.25, 0.3) is 0 Å². The molecule has 0 aromatic heterocycles. The van der Waals surface area contributed by atoms with E-state index in [0.717, 1.165) is 6.67 Å². The molecule has 1 rings (SSSR count). The van der Waals surface area contributed by atoms with Crippen molar-refractivity contribution in [2.24, 2.45) is 0 Å². The van der Waals surface area contributed by atoms with Gasteiger partial charge in [-0.3, -0.25) is 4.90 Å². The van der Waals surface area contributed by atoms with Crippen molar-refractivity contribution in [2.75, 3.05) is 19.8 Å². The Bertz CT molecular complexity index is 77.0. The molecule has 1 aliphatic rings. The van der Waals surface area contributed by atoms with E-state index in [-0.39, 0.29) is 0 Å². The second kappa shape index (κ2) is 3.18. The van der Waals surface area contributed by atoms with Crippen molar-refractivity contribution in [3.05, 3.63) is 0 Å². The third-order valence-electron chi connectivity index (χ3n) is 1.67. The number of likely N-dealkylation sites (tertiary alicyclic amines) is 1. The summed E-state index contributed by atoms with van der Waals surface area (Å²) in [6.45, 7) is 8.02. The van der Waals surface area contributed by atoms with Crippen molar-refractivity contribution in [1.29, 1.82) is 0 Å². The summed E-state index contributed by atoms with van der Waals surface area (Å²) in [5.74, 6) is 0. The fraction of sp³-hybridized carbons (Fsp3) is 1.00. The number of rotatable bonds is 3. The maximum Gasteiger partial charge on any atom is 0.0482 e. The van der Waals surface area contributed by atoms with E-state index in [9.17, 15) is 0 Å². The molecule has 9 heavy (non-hydrogen) atoms. The molecule has 0 unspecified atom stereocenters. The lowest BCUT2D eigenvalue weighted by Gasteiger charge is -2.31. The Morgan fingerprint density at radius 2 is 2.11 bits per heavy atom. The van der Waals surface area contributed by atoms with Gasteiger partial charge >= 0.3 is 0 Å². The number of nitrogens with one attached hydrogen (secondary N) is 1. The van der Waals surface area contributed by atoms with Gasteiger partial charge in [0.15, 0.2) is 0 Å². The number of nitrogens with zero attached hydrogens (tertiary/aromatic N) is 1. The van der Waals surface area contributed by atoms with E-state index < -0.39 is 0 Å². The van der Waals surface area contributed by atoms with Crippen molar-refractivity contribution < 1.29 is 0 Å². The number of hydrogen-bond acceptors (Lipinski definition) is 2. The van der Waals surface area contributed by atoms with Gasteiger partial charge < -0.3 is 5.32 Å². The Hall–Kier alpha value is -0.0800. The van der Waals surface area contributed by atoms with Crippen LogP contribution in [-0.4, -0.2) is 30.7 Å². The van der Waals surface area contributed by atoms with Crippen molar-refractivity contribution >= 4 is 0 Å². The van der Waals surface area contributed by atoms with Gasteiger partial charge in [0.05, 0.1) is 0 Å². The lowest BCUT2D eigenvalue weighted by atomic mass is 10.2. The van der Waals surface area contributed by atoms with Gasteiger partial charge in [-0.05, 0) is 20.3 Å². The Balaban J connectivity index is 1.91. The Morgan fingerprint density at radius 1 is 1.44 bits per heavy atom. The van der Waals surface area contributed by atoms with E-state index >= 15 is 0 Å². The molecule has 2 nitrogen and oxygen atoms in total. The van der Waals surface area contributed by atoms with Crippen molar-refractivity contribution in [1.82, 2.24) is 10.2 Å². The van der Waals surface area contributed by atoms with Crippen LogP contribution in [0.2, 0.25) is 0 Å². The first-order chi connectivity index (χ1) is 4.29. The molecule has 1 saturated heterocycles. The zero-order valence-corrected chi connectivity index (χ0v) is 6.35. The Kier molecular flexibility index (Phi) is 2.49. The second-order valence-electron chi connectivity index (χ2n) is 2.99. The molecule has 2 heteroatoms. The van der Waals surface area contributed by atoms with Gasteiger partial charge in [0.2, 0.25) is 0 Å². The maximum atomic E-state index is 3.37. The highest BCUT2D eigenvalue weighted by Gasteiger charge is 2.12. The Labute approximate surface area is 57.2 Å². The fourth-order valence-electron chi connectivity index (χ4n) is 0.852. The molecule has 1 aliphatic heterocycles. The summed E-state index contributed by atoms with van der Waals surface area (Å²) in [5.41, 5.74) is 0. The summed E-state index contributed by atoms with van der Waals surface area (Å²) in [4.78, 5) is 2.42. The smallest absolute Gasteiger partial charge is 0.0482 e. The van der Waals surface area contributed by atoms with E-state index in [1.54, 1.807) is 0 Å². The molecule has 1 heterocycles. The molecule has 0 atom stereocenters. The normalized spacial score (nSPS) is 20.3. The summed E-state index contributed by atoms with van der Waals surface area (Å²) in [5, 5.41) is 3.37. The molecule has 0 aliphatic carbocycles. The molecule has 0 saturated carbocycles. The standard InChI is InChI=1S/C7H16N2/c1-7(2)8-6-9-4-3-5-9/h7-8H,3-6H2,1-2H3. The largest absolute Gasteiger partial charge is 0.302 e. The minimum absolute atomic E-state index is 0.630. The van der Waals surface area contributed by atoms with Gasteiger partial charge in [-0.25, -0.2) is 0 Å². The molecule has 0 radical (unpaired) electrons. The van der Waals surface area contributed by atoms with E-state index in [4.69, 9.17) is 0 Å². The van der Waals surface area contributed by atoms with E-state index in [2.05, 4.69) is 24.1 Å². The van der Waals surface area contributed by atoms with Crippen LogP contribution in [-0.2, 0) is 0 Å². The summed E-state index contributed by atoms with van der Waals surface area (Å²) in [7, 11) is 0. The van der Waals surface area contributed by atoms with Gasteiger partial charge in [0, 0.05) is 25.8 Å². The van der Waals surface area contributed by atoms with Crippen LogP contribution in [0.25, 0.3) is 0 Å². The van der Waals surface area contributed by atoms with E-state index in [1.807, 2.05) is 0 Å². The monoisotopic (exact) mass is 128 g/mol. The molecule has 1 fully saturated rings. The lowest BCUT2D eigenvalue weighted by Crippen LogP contribution is -2.45. The van der Waals surface area contributed by atoms with Crippen molar-refractivity contribution in [3.63, 3.8) is 0 Å². The first kappa shape index (κ1) is 7.03. The predicted molar refractivity (Wildman–Crippen MR) is 39.3 cm³/mol. The van der Waals surface area contributed by atoms with Gasteiger partial charge in [0.1, 0.15) is 0 Å². The van der Waals surface area contributed by atoms with Crippen LogP contribution in [0.5, 0.6) is 0 Å². The van der Waals surface area contributed by atoms with Crippen LogP contribution in [0.3, 0.4) is 0 Å². The zero-order chi connectivity index (χ0) is 6.69. The highest BCUT2D eigenvalue weighted by Crippen LogP contribution is 2.02. The third kappa shape index (κ3) is 2.33. The summed E-state index contributed by atoms with van der Waals surface area (Å²) in [6, 6.07) is 0.630. The van der Waals surface area contributed by atoms with Gasteiger partial charge in [-0.15, -0.1) is 0 Å². The Morgan fingerprint density at radius 3 is 2.44 bits per heavy atom. The molecular weight excluding hydrogens is 112 g/mol. The SMILES string of the molecule is CC(C)NCN1CCC1. The number of hydrogen-bond donors (Lipinski definition) is 1.